The monoisotopic (exact) mass is 684 g/mol. The lowest BCUT2D eigenvalue weighted by Gasteiger charge is -2.46. The van der Waals surface area contributed by atoms with Crippen molar-refractivity contribution < 1.29 is 18.8 Å². The summed E-state index contributed by atoms with van der Waals surface area (Å²) in [7, 11) is -2.91. The number of hydrogen-bond donors (Lipinski definition) is 0. The fourth-order valence-electron chi connectivity index (χ4n) is 7.30. The predicted molar refractivity (Wildman–Crippen MR) is 204 cm³/mol. The maximum absolute atomic E-state index is 14.2. The molecule has 1 aliphatic carbocycles. The number of ether oxygens (including phenoxy) is 1. The molecule has 0 saturated heterocycles. The molecule has 0 heterocycles. The third kappa shape index (κ3) is 9.83. The quantitative estimate of drug-likeness (QED) is 0.0439. The number of benzene rings is 3. The Kier molecular flexibility index (Phi) is 14.8. The molecular formula is C42H56O4SSi. The average Bonchev–Trinajstić information content (AvgIpc) is 3.39. The number of ketones is 1. The maximum atomic E-state index is 14.2. The first kappa shape index (κ1) is 37.9. The molecule has 1 aliphatic rings. The summed E-state index contributed by atoms with van der Waals surface area (Å²) in [6.45, 7) is 11.4. The SMILES string of the molecule is CCCCC/C=C/[C@H](Sc1ccccc1)[C@H]1[C@H](O[Si](c2ccccc2)(c2ccccc2)C(C)(C)C)CC(=O)[C@@H]1CCCCC(=O)OCC. The standard InChI is InChI=1S/C42H56O4SSi/c1-6-8-9-10-20-30-39(47-33-23-14-11-15-24-33)41-36(29-21-22-31-40(44)45-7-2)37(43)32-38(41)46-48(42(3,4)5,34-25-16-12-17-26-34)35-27-18-13-19-28-35/h11-20,23-28,30,36,38-39,41H,6-10,21-22,29,31-32H2,1-5H3/b30-20+/t36-,38+,39-,41+/m0/s1. The number of allylic oxidation sites excluding steroid dienone is 1. The Morgan fingerprint density at radius 2 is 1.48 bits per heavy atom. The van der Waals surface area contributed by atoms with Crippen LogP contribution in [0.3, 0.4) is 0 Å². The zero-order valence-electron chi connectivity index (χ0n) is 29.7. The summed E-state index contributed by atoms with van der Waals surface area (Å²) >= 11 is 1.86. The highest BCUT2D eigenvalue weighted by Crippen LogP contribution is 2.47. The van der Waals surface area contributed by atoms with Crippen LogP contribution >= 0.6 is 11.8 Å². The fourth-order valence-corrected chi connectivity index (χ4v) is 13.4. The van der Waals surface area contributed by atoms with Crippen molar-refractivity contribution in [2.24, 2.45) is 11.8 Å². The molecule has 1 fully saturated rings. The van der Waals surface area contributed by atoms with Gasteiger partial charge in [-0.3, -0.25) is 9.59 Å². The molecule has 48 heavy (non-hydrogen) atoms. The van der Waals surface area contributed by atoms with Gasteiger partial charge in [-0.25, -0.2) is 0 Å². The Morgan fingerprint density at radius 1 is 0.875 bits per heavy atom. The number of carbonyl (C=O) groups excluding carboxylic acids is 2. The Hall–Kier alpha value is -2.93. The number of Topliss-reactive ketones (excluding diaryl/α,β-unsaturated/α-hetero) is 1. The van der Waals surface area contributed by atoms with Crippen LogP contribution in [0.4, 0.5) is 0 Å². The second kappa shape index (κ2) is 18.7. The Bertz CT molecular complexity index is 1380. The number of thioether (sulfide) groups is 1. The van der Waals surface area contributed by atoms with Crippen LogP contribution in [0.2, 0.25) is 5.04 Å². The van der Waals surface area contributed by atoms with Crippen molar-refractivity contribution in [3.8, 4) is 0 Å². The summed E-state index contributed by atoms with van der Waals surface area (Å²) in [5, 5.41) is 2.34. The smallest absolute Gasteiger partial charge is 0.305 e. The lowest BCUT2D eigenvalue weighted by molar-refractivity contribution is -0.143. The summed E-state index contributed by atoms with van der Waals surface area (Å²) in [6, 6.07) is 32.1. The van der Waals surface area contributed by atoms with E-state index in [1.807, 2.05) is 18.7 Å². The van der Waals surface area contributed by atoms with Crippen LogP contribution in [0.15, 0.2) is 108 Å². The van der Waals surface area contributed by atoms with E-state index in [1.165, 1.54) is 34.5 Å². The third-order valence-electron chi connectivity index (χ3n) is 9.60. The Morgan fingerprint density at radius 3 is 2.04 bits per heavy atom. The van der Waals surface area contributed by atoms with Gasteiger partial charge < -0.3 is 9.16 Å². The lowest BCUT2D eigenvalue weighted by atomic mass is 9.86. The van der Waals surface area contributed by atoms with Gasteiger partial charge in [0.05, 0.1) is 12.7 Å². The summed E-state index contributed by atoms with van der Waals surface area (Å²) in [5.74, 6) is -0.0179. The van der Waals surface area contributed by atoms with Crippen LogP contribution in [-0.4, -0.2) is 38.0 Å². The van der Waals surface area contributed by atoms with Crippen molar-refractivity contribution in [1.82, 2.24) is 0 Å². The van der Waals surface area contributed by atoms with Crippen molar-refractivity contribution in [2.75, 3.05) is 6.61 Å². The van der Waals surface area contributed by atoms with Gasteiger partial charge in [0.2, 0.25) is 0 Å². The molecule has 4 nitrogen and oxygen atoms in total. The van der Waals surface area contributed by atoms with Gasteiger partial charge in [-0.05, 0) is 60.2 Å². The first-order valence-electron chi connectivity index (χ1n) is 18.1. The summed E-state index contributed by atoms with van der Waals surface area (Å²) in [6.07, 6.45) is 12.2. The molecule has 4 atom stereocenters. The maximum Gasteiger partial charge on any atom is 0.305 e. The molecule has 3 aromatic rings. The van der Waals surface area contributed by atoms with E-state index >= 15 is 0 Å². The Labute approximate surface area is 295 Å². The van der Waals surface area contributed by atoms with E-state index in [0.717, 1.165) is 25.7 Å². The minimum absolute atomic E-state index is 0.00521. The molecule has 0 bridgehead atoms. The van der Waals surface area contributed by atoms with Crippen LogP contribution in [0, 0.1) is 11.8 Å². The minimum Gasteiger partial charge on any atom is -0.466 e. The third-order valence-corrected chi connectivity index (χ3v) is 16.0. The van der Waals surface area contributed by atoms with Gasteiger partial charge in [-0.15, -0.1) is 11.8 Å². The molecule has 1 saturated carbocycles. The first-order chi connectivity index (χ1) is 23.2. The van der Waals surface area contributed by atoms with Gasteiger partial charge in [0.15, 0.2) is 0 Å². The van der Waals surface area contributed by atoms with Crippen LogP contribution in [-0.2, 0) is 18.8 Å². The van der Waals surface area contributed by atoms with Crippen molar-refractivity contribution in [1.29, 1.82) is 0 Å². The molecule has 0 unspecified atom stereocenters. The van der Waals surface area contributed by atoms with E-state index in [1.54, 1.807) is 0 Å². The zero-order chi connectivity index (χ0) is 34.4. The highest BCUT2D eigenvalue weighted by atomic mass is 32.2. The van der Waals surface area contributed by atoms with Crippen molar-refractivity contribution >= 4 is 42.2 Å². The summed E-state index contributed by atoms with van der Waals surface area (Å²) in [5.41, 5.74) is 0. The normalized spacial score (nSPS) is 19.1. The highest BCUT2D eigenvalue weighted by molar-refractivity contribution is 8.00. The minimum atomic E-state index is -2.91. The molecule has 0 spiro atoms. The Balaban J connectivity index is 1.78. The topological polar surface area (TPSA) is 52.6 Å². The summed E-state index contributed by atoms with van der Waals surface area (Å²) < 4.78 is 13.0. The number of hydrogen-bond acceptors (Lipinski definition) is 5. The van der Waals surface area contributed by atoms with E-state index in [0.29, 0.717) is 19.4 Å². The van der Waals surface area contributed by atoms with Gasteiger partial charge in [0.1, 0.15) is 5.78 Å². The first-order valence-corrected chi connectivity index (χ1v) is 20.9. The van der Waals surface area contributed by atoms with Gasteiger partial charge in [-0.2, -0.15) is 0 Å². The van der Waals surface area contributed by atoms with E-state index in [4.69, 9.17) is 9.16 Å². The predicted octanol–water partition coefficient (Wildman–Crippen LogP) is 9.56. The molecule has 0 radical (unpaired) electrons. The van der Waals surface area contributed by atoms with Crippen LogP contribution in [0.25, 0.3) is 0 Å². The van der Waals surface area contributed by atoms with Crippen LogP contribution in [0.5, 0.6) is 0 Å². The molecular weight excluding hydrogens is 629 g/mol. The van der Waals surface area contributed by atoms with Gasteiger partial charge in [0.25, 0.3) is 8.32 Å². The lowest BCUT2D eigenvalue weighted by Crippen LogP contribution is -2.68. The molecule has 0 aromatic heterocycles. The molecule has 6 heteroatoms. The van der Waals surface area contributed by atoms with Gasteiger partial charge in [-0.1, -0.05) is 138 Å². The molecule has 0 N–H and O–H groups in total. The molecule has 4 rings (SSSR count). The molecule has 0 aliphatic heterocycles. The number of esters is 1. The van der Waals surface area contributed by atoms with E-state index < -0.39 is 8.32 Å². The average molecular weight is 685 g/mol. The zero-order valence-corrected chi connectivity index (χ0v) is 31.6. The number of unbranched alkanes of at least 4 members (excludes halogenated alkanes) is 4. The number of rotatable bonds is 18. The van der Waals surface area contributed by atoms with Crippen molar-refractivity contribution in [3.05, 3.63) is 103 Å². The van der Waals surface area contributed by atoms with E-state index in [2.05, 4.69) is 131 Å². The fraction of sp³-hybridized carbons (Fsp3) is 0.476. The van der Waals surface area contributed by atoms with Gasteiger partial charge >= 0.3 is 5.97 Å². The number of carbonyl (C=O) groups is 2. The van der Waals surface area contributed by atoms with Crippen molar-refractivity contribution in [2.45, 2.75) is 114 Å². The summed E-state index contributed by atoms with van der Waals surface area (Å²) in [4.78, 5) is 27.5. The largest absolute Gasteiger partial charge is 0.466 e. The second-order valence-corrected chi connectivity index (χ2v) is 19.5. The van der Waals surface area contributed by atoms with Crippen LogP contribution < -0.4 is 10.4 Å². The van der Waals surface area contributed by atoms with Crippen molar-refractivity contribution in [3.63, 3.8) is 0 Å². The van der Waals surface area contributed by atoms with E-state index in [9.17, 15) is 9.59 Å². The van der Waals surface area contributed by atoms with E-state index in [-0.39, 0.29) is 40.0 Å². The molecule has 0 amide bonds. The second-order valence-electron chi connectivity index (χ2n) is 14.0. The van der Waals surface area contributed by atoms with Gasteiger partial charge in [0, 0.05) is 34.8 Å². The molecule has 258 valence electrons. The molecule has 3 aromatic carbocycles. The van der Waals surface area contributed by atoms with Crippen LogP contribution in [0.1, 0.15) is 92.4 Å². The highest BCUT2D eigenvalue weighted by Gasteiger charge is 2.55.